The summed E-state index contributed by atoms with van der Waals surface area (Å²) in [6, 6.07) is 8.34. The van der Waals surface area contributed by atoms with E-state index in [2.05, 4.69) is 27.2 Å². The second-order valence-corrected chi connectivity index (χ2v) is 4.45. The van der Waals surface area contributed by atoms with E-state index in [0.29, 0.717) is 18.2 Å². The number of methoxy groups -OCH3 is 1. The summed E-state index contributed by atoms with van der Waals surface area (Å²) in [4.78, 5) is 12.4. The summed E-state index contributed by atoms with van der Waals surface area (Å²) >= 11 is 0. The van der Waals surface area contributed by atoms with Crippen molar-refractivity contribution in [3.63, 3.8) is 0 Å². The van der Waals surface area contributed by atoms with Crippen LogP contribution in [-0.2, 0) is 6.42 Å². The maximum Gasteiger partial charge on any atom is 0.330 e. The fourth-order valence-corrected chi connectivity index (χ4v) is 1.83. The van der Waals surface area contributed by atoms with Crippen LogP contribution in [0.4, 0.5) is 5.95 Å². The number of nitrogens with zero attached hydrogens (tertiary/aromatic N) is 3. The zero-order valence-corrected chi connectivity index (χ0v) is 12.6. The zero-order valence-electron chi connectivity index (χ0n) is 12.6. The lowest BCUT2D eigenvalue weighted by molar-refractivity contribution is 0.360. The molecule has 0 aliphatic rings. The number of hydrogen-bond donors (Lipinski definition) is 1. The van der Waals surface area contributed by atoms with Gasteiger partial charge in [-0.3, -0.25) is 0 Å². The highest BCUT2D eigenvalue weighted by atomic mass is 16.5. The molecule has 0 aliphatic carbocycles. The van der Waals surface area contributed by atoms with Crippen LogP contribution >= 0.6 is 0 Å². The van der Waals surface area contributed by atoms with Gasteiger partial charge in [0.25, 0.3) is 0 Å². The van der Waals surface area contributed by atoms with Crippen molar-refractivity contribution in [2.75, 3.05) is 19.0 Å². The Morgan fingerprint density at radius 3 is 2.33 bits per heavy atom. The molecule has 0 bridgehead atoms. The van der Waals surface area contributed by atoms with Crippen molar-refractivity contribution in [2.24, 2.45) is 0 Å². The standard InChI is InChI=1S/C15H20N4O2/c1-4-6-11-7-9-12(10-8-11)21-15-18-13(16-5-2)17-14(19-15)20-3/h7-10H,4-6H2,1-3H3,(H,16,17,18,19). The van der Waals surface area contributed by atoms with E-state index in [9.17, 15) is 0 Å². The number of rotatable bonds is 7. The van der Waals surface area contributed by atoms with Crippen LogP contribution in [0.3, 0.4) is 0 Å². The topological polar surface area (TPSA) is 69.2 Å². The molecule has 1 N–H and O–H groups in total. The number of aryl methyl sites for hydroxylation is 1. The Morgan fingerprint density at radius 2 is 1.71 bits per heavy atom. The number of nitrogens with one attached hydrogen (secondary N) is 1. The Kier molecular flexibility index (Phi) is 5.31. The molecule has 2 aromatic rings. The van der Waals surface area contributed by atoms with Gasteiger partial charge in [0.15, 0.2) is 0 Å². The smallest absolute Gasteiger partial charge is 0.330 e. The SMILES string of the molecule is CCCc1ccc(Oc2nc(NCC)nc(OC)n2)cc1. The summed E-state index contributed by atoms with van der Waals surface area (Å²) in [6.45, 7) is 4.82. The normalized spacial score (nSPS) is 10.2. The molecular formula is C15H20N4O2. The molecule has 1 aromatic heterocycles. The predicted octanol–water partition coefficient (Wildman–Crippen LogP) is 3.06. The van der Waals surface area contributed by atoms with E-state index in [0.717, 1.165) is 12.8 Å². The minimum absolute atomic E-state index is 0.209. The van der Waals surface area contributed by atoms with Crippen molar-refractivity contribution < 1.29 is 9.47 Å². The van der Waals surface area contributed by atoms with Crippen LogP contribution in [-0.4, -0.2) is 28.6 Å². The first-order valence-corrected chi connectivity index (χ1v) is 7.05. The Bertz CT molecular complexity index is 572. The molecule has 112 valence electrons. The summed E-state index contributed by atoms with van der Waals surface area (Å²) < 4.78 is 10.7. The summed E-state index contributed by atoms with van der Waals surface area (Å²) in [5.74, 6) is 1.12. The van der Waals surface area contributed by atoms with Crippen LogP contribution in [0.1, 0.15) is 25.8 Å². The molecular weight excluding hydrogens is 268 g/mol. The van der Waals surface area contributed by atoms with E-state index in [1.165, 1.54) is 12.7 Å². The molecule has 0 atom stereocenters. The van der Waals surface area contributed by atoms with E-state index >= 15 is 0 Å². The summed E-state index contributed by atoms with van der Waals surface area (Å²) in [7, 11) is 1.51. The number of hydrogen-bond acceptors (Lipinski definition) is 6. The van der Waals surface area contributed by atoms with E-state index in [-0.39, 0.29) is 12.0 Å². The van der Waals surface area contributed by atoms with E-state index in [1.807, 2.05) is 31.2 Å². The molecule has 6 nitrogen and oxygen atoms in total. The first-order valence-electron chi connectivity index (χ1n) is 7.05. The maximum absolute atomic E-state index is 5.66. The molecule has 0 spiro atoms. The van der Waals surface area contributed by atoms with Crippen LogP contribution in [0.2, 0.25) is 0 Å². The lowest BCUT2D eigenvalue weighted by Crippen LogP contribution is -2.06. The molecule has 21 heavy (non-hydrogen) atoms. The van der Waals surface area contributed by atoms with Gasteiger partial charge in [-0.05, 0) is 31.0 Å². The third kappa shape index (κ3) is 4.30. The number of ether oxygens (including phenoxy) is 2. The number of aromatic nitrogens is 3. The minimum atomic E-state index is 0.209. The van der Waals surface area contributed by atoms with Gasteiger partial charge in [0.2, 0.25) is 5.95 Å². The molecule has 0 fully saturated rings. The summed E-state index contributed by atoms with van der Waals surface area (Å²) in [5, 5.41) is 3.01. The van der Waals surface area contributed by atoms with Crippen molar-refractivity contribution in [3.8, 4) is 17.8 Å². The lowest BCUT2D eigenvalue weighted by Gasteiger charge is -2.08. The van der Waals surface area contributed by atoms with Crippen LogP contribution in [0.25, 0.3) is 0 Å². The van der Waals surface area contributed by atoms with Gasteiger partial charge < -0.3 is 14.8 Å². The Balaban J connectivity index is 2.15. The van der Waals surface area contributed by atoms with Crippen molar-refractivity contribution in [1.82, 2.24) is 15.0 Å². The molecule has 1 aromatic carbocycles. The molecule has 0 saturated carbocycles. The van der Waals surface area contributed by atoms with Gasteiger partial charge in [0.1, 0.15) is 5.75 Å². The highest BCUT2D eigenvalue weighted by Gasteiger charge is 2.08. The van der Waals surface area contributed by atoms with E-state index in [1.54, 1.807) is 0 Å². The molecule has 2 rings (SSSR count). The Labute approximate surface area is 124 Å². The van der Waals surface area contributed by atoms with Gasteiger partial charge in [0.05, 0.1) is 7.11 Å². The van der Waals surface area contributed by atoms with Crippen molar-refractivity contribution in [1.29, 1.82) is 0 Å². The number of benzene rings is 1. The van der Waals surface area contributed by atoms with Gasteiger partial charge in [-0.2, -0.15) is 9.97 Å². The van der Waals surface area contributed by atoms with Crippen LogP contribution in [0.5, 0.6) is 17.8 Å². The lowest BCUT2D eigenvalue weighted by atomic mass is 10.1. The first-order chi connectivity index (χ1) is 10.2. The van der Waals surface area contributed by atoms with Crippen molar-refractivity contribution >= 4 is 5.95 Å². The fourth-order valence-electron chi connectivity index (χ4n) is 1.83. The molecule has 0 aliphatic heterocycles. The maximum atomic E-state index is 5.66. The van der Waals surface area contributed by atoms with Crippen molar-refractivity contribution in [3.05, 3.63) is 29.8 Å². The quantitative estimate of drug-likeness (QED) is 0.844. The van der Waals surface area contributed by atoms with Crippen LogP contribution < -0.4 is 14.8 Å². The fraction of sp³-hybridized carbons (Fsp3) is 0.400. The summed E-state index contributed by atoms with van der Waals surface area (Å²) in [6.07, 6.45) is 2.18. The zero-order chi connectivity index (χ0) is 15.1. The van der Waals surface area contributed by atoms with Gasteiger partial charge >= 0.3 is 12.0 Å². The third-order valence-electron chi connectivity index (χ3n) is 2.78. The number of anilines is 1. The third-order valence-corrected chi connectivity index (χ3v) is 2.78. The second kappa shape index (κ2) is 7.42. The second-order valence-electron chi connectivity index (χ2n) is 4.45. The van der Waals surface area contributed by atoms with Crippen LogP contribution in [0, 0.1) is 0 Å². The highest BCUT2D eigenvalue weighted by molar-refractivity contribution is 5.32. The minimum Gasteiger partial charge on any atom is -0.467 e. The Morgan fingerprint density at radius 1 is 1.00 bits per heavy atom. The van der Waals surface area contributed by atoms with Gasteiger partial charge in [-0.1, -0.05) is 25.5 Å². The first kappa shape index (κ1) is 15.0. The van der Waals surface area contributed by atoms with Gasteiger partial charge in [0, 0.05) is 6.54 Å². The Hall–Kier alpha value is -2.37. The monoisotopic (exact) mass is 288 g/mol. The van der Waals surface area contributed by atoms with Crippen LogP contribution in [0.15, 0.2) is 24.3 Å². The molecule has 1 heterocycles. The van der Waals surface area contributed by atoms with E-state index < -0.39 is 0 Å². The largest absolute Gasteiger partial charge is 0.467 e. The average Bonchev–Trinajstić information content (AvgIpc) is 2.49. The molecule has 0 unspecified atom stereocenters. The van der Waals surface area contributed by atoms with E-state index in [4.69, 9.17) is 9.47 Å². The highest BCUT2D eigenvalue weighted by Crippen LogP contribution is 2.21. The van der Waals surface area contributed by atoms with Gasteiger partial charge in [-0.25, -0.2) is 0 Å². The molecule has 0 saturated heterocycles. The summed E-state index contributed by atoms with van der Waals surface area (Å²) in [5.41, 5.74) is 1.28. The molecule has 0 radical (unpaired) electrons. The molecule has 6 heteroatoms. The predicted molar refractivity (Wildman–Crippen MR) is 81.1 cm³/mol. The molecule has 0 amide bonds. The van der Waals surface area contributed by atoms with Gasteiger partial charge in [-0.15, -0.1) is 4.98 Å². The van der Waals surface area contributed by atoms with Crippen molar-refractivity contribution in [2.45, 2.75) is 26.7 Å². The average molecular weight is 288 g/mol.